The number of halogens is 2. The van der Waals surface area contributed by atoms with E-state index in [1.165, 1.54) is 12.1 Å². The van der Waals surface area contributed by atoms with Crippen molar-refractivity contribution in [3.05, 3.63) is 30.1 Å². The Hall–Kier alpha value is -0.540. The summed E-state index contributed by atoms with van der Waals surface area (Å²) in [6.07, 6.45) is 0.996. The highest BCUT2D eigenvalue weighted by Crippen LogP contribution is 2.18. The fourth-order valence-corrected chi connectivity index (χ4v) is 2.44. The third-order valence-electron chi connectivity index (χ3n) is 3.15. The van der Waals surface area contributed by atoms with Crippen LogP contribution in [0.4, 0.5) is 4.39 Å². The molecule has 0 spiro atoms. The highest BCUT2D eigenvalue weighted by atomic mass is 127. The molecule has 23 heavy (non-hydrogen) atoms. The molecule has 1 rings (SSSR count). The van der Waals surface area contributed by atoms with Gasteiger partial charge in [0.15, 0.2) is 5.96 Å². The van der Waals surface area contributed by atoms with Crippen molar-refractivity contribution in [3.63, 3.8) is 0 Å². The molecule has 0 aliphatic heterocycles. The summed E-state index contributed by atoms with van der Waals surface area (Å²) < 4.78 is 18.1. The molecule has 2 N–H and O–H groups in total. The molecule has 0 unspecified atom stereocenters. The largest absolute Gasteiger partial charge is 0.377 e. The van der Waals surface area contributed by atoms with Crippen LogP contribution in [0.2, 0.25) is 0 Å². The number of nitrogens with zero attached hydrogens (tertiary/aromatic N) is 1. The molecule has 7 heteroatoms. The summed E-state index contributed by atoms with van der Waals surface area (Å²) in [5.41, 5.74) is -0.226. The van der Waals surface area contributed by atoms with Crippen molar-refractivity contribution in [1.82, 2.24) is 10.6 Å². The molecular formula is C16H27FIN3OS. The molecule has 0 amide bonds. The Kier molecular flexibility index (Phi) is 11.6. The number of methoxy groups -OCH3 is 1. The van der Waals surface area contributed by atoms with Crippen molar-refractivity contribution in [2.75, 3.05) is 33.0 Å². The first-order valence-corrected chi connectivity index (χ1v) is 8.33. The second-order valence-electron chi connectivity index (χ2n) is 5.47. The maximum absolute atomic E-state index is 12.8. The number of benzene rings is 1. The van der Waals surface area contributed by atoms with Gasteiger partial charge in [-0.25, -0.2) is 4.39 Å². The van der Waals surface area contributed by atoms with E-state index in [9.17, 15) is 4.39 Å². The standard InChI is InChI=1S/C16H26FN3OS.HI/c1-16(2,21-4)12-20-15(18-3)19-10-5-11-22-14-8-6-13(17)7-9-14;/h6-9H,5,10-12H2,1-4H3,(H2,18,19,20);1H. The second-order valence-corrected chi connectivity index (χ2v) is 6.64. The van der Waals surface area contributed by atoms with Crippen LogP contribution in [-0.2, 0) is 4.74 Å². The van der Waals surface area contributed by atoms with Gasteiger partial charge in [0.05, 0.1) is 5.60 Å². The summed E-state index contributed by atoms with van der Waals surface area (Å²) in [4.78, 5) is 5.27. The molecule has 0 saturated heterocycles. The number of ether oxygens (including phenoxy) is 1. The van der Waals surface area contributed by atoms with Gasteiger partial charge >= 0.3 is 0 Å². The van der Waals surface area contributed by atoms with Crippen molar-refractivity contribution in [2.45, 2.75) is 30.8 Å². The van der Waals surface area contributed by atoms with Crippen LogP contribution in [0.3, 0.4) is 0 Å². The zero-order valence-corrected chi connectivity index (χ0v) is 17.3. The molecule has 0 aliphatic rings. The molecule has 0 heterocycles. The summed E-state index contributed by atoms with van der Waals surface area (Å²) in [7, 11) is 3.45. The van der Waals surface area contributed by atoms with E-state index in [0.717, 1.165) is 29.6 Å². The third-order valence-corrected chi connectivity index (χ3v) is 4.25. The lowest BCUT2D eigenvalue weighted by Crippen LogP contribution is -2.45. The van der Waals surface area contributed by atoms with Crippen molar-refractivity contribution >= 4 is 41.7 Å². The Morgan fingerprint density at radius 1 is 1.26 bits per heavy atom. The SMILES string of the molecule is CN=C(NCCCSc1ccc(F)cc1)NCC(C)(C)OC.I. The van der Waals surface area contributed by atoms with E-state index in [1.807, 2.05) is 13.8 Å². The van der Waals surface area contributed by atoms with Crippen LogP contribution in [0.1, 0.15) is 20.3 Å². The normalized spacial score (nSPS) is 11.8. The first-order valence-electron chi connectivity index (χ1n) is 7.35. The Bertz CT molecular complexity index is 469. The molecule has 0 atom stereocenters. The summed E-state index contributed by atoms with van der Waals surface area (Å²) in [5.74, 6) is 1.55. The summed E-state index contributed by atoms with van der Waals surface area (Å²) in [5, 5.41) is 6.51. The molecule has 0 radical (unpaired) electrons. The Morgan fingerprint density at radius 2 is 1.91 bits per heavy atom. The smallest absolute Gasteiger partial charge is 0.191 e. The lowest BCUT2D eigenvalue weighted by atomic mass is 10.1. The predicted molar refractivity (Wildman–Crippen MR) is 108 cm³/mol. The van der Waals surface area contributed by atoms with E-state index in [2.05, 4.69) is 15.6 Å². The van der Waals surface area contributed by atoms with Crippen LogP contribution in [-0.4, -0.2) is 44.6 Å². The van der Waals surface area contributed by atoms with Crippen LogP contribution in [0.5, 0.6) is 0 Å². The topological polar surface area (TPSA) is 45.7 Å². The summed E-state index contributed by atoms with van der Waals surface area (Å²) in [6.45, 7) is 5.56. The van der Waals surface area contributed by atoms with Gasteiger partial charge in [0.25, 0.3) is 0 Å². The molecule has 0 aliphatic carbocycles. The first-order chi connectivity index (χ1) is 10.5. The Morgan fingerprint density at radius 3 is 2.48 bits per heavy atom. The highest BCUT2D eigenvalue weighted by Gasteiger charge is 2.16. The van der Waals surface area contributed by atoms with Gasteiger partial charge in [0.1, 0.15) is 5.82 Å². The van der Waals surface area contributed by atoms with E-state index in [-0.39, 0.29) is 35.4 Å². The number of nitrogens with one attached hydrogen (secondary N) is 2. The van der Waals surface area contributed by atoms with Gasteiger partial charge < -0.3 is 15.4 Å². The van der Waals surface area contributed by atoms with Gasteiger partial charge in [0, 0.05) is 32.1 Å². The van der Waals surface area contributed by atoms with Crippen LogP contribution < -0.4 is 10.6 Å². The van der Waals surface area contributed by atoms with Crippen molar-refractivity contribution < 1.29 is 9.13 Å². The van der Waals surface area contributed by atoms with Crippen LogP contribution in [0, 0.1) is 5.82 Å². The minimum Gasteiger partial charge on any atom is -0.377 e. The van der Waals surface area contributed by atoms with Gasteiger partial charge in [-0.15, -0.1) is 35.7 Å². The van der Waals surface area contributed by atoms with Crippen LogP contribution in [0.15, 0.2) is 34.2 Å². The van der Waals surface area contributed by atoms with E-state index < -0.39 is 0 Å². The van der Waals surface area contributed by atoms with E-state index >= 15 is 0 Å². The van der Waals surface area contributed by atoms with Gasteiger partial charge in [-0.1, -0.05) is 0 Å². The minimum absolute atomic E-state index is 0. The lowest BCUT2D eigenvalue weighted by Gasteiger charge is -2.24. The molecule has 0 fully saturated rings. The van der Waals surface area contributed by atoms with Gasteiger partial charge in [-0.3, -0.25) is 4.99 Å². The Labute approximate surface area is 160 Å². The fraction of sp³-hybridized carbons (Fsp3) is 0.562. The van der Waals surface area contributed by atoms with E-state index in [1.54, 1.807) is 38.1 Å². The van der Waals surface area contributed by atoms with E-state index in [4.69, 9.17) is 4.74 Å². The van der Waals surface area contributed by atoms with E-state index in [0.29, 0.717) is 6.54 Å². The fourth-order valence-electron chi connectivity index (χ4n) is 1.59. The van der Waals surface area contributed by atoms with Gasteiger partial charge in [-0.05, 0) is 50.3 Å². The average molecular weight is 455 g/mol. The number of hydrogen-bond acceptors (Lipinski definition) is 3. The second kappa shape index (κ2) is 11.9. The van der Waals surface area contributed by atoms with Crippen molar-refractivity contribution in [3.8, 4) is 0 Å². The van der Waals surface area contributed by atoms with Crippen molar-refractivity contribution in [1.29, 1.82) is 0 Å². The van der Waals surface area contributed by atoms with Crippen molar-refractivity contribution in [2.24, 2.45) is 4.99 Å². The van der Waals surface area contributed by atoms with Gasteiger partial charge in [-0.2, -0.15) is 0 Å². The number of hydrogen-bond donors (Lipinski definition) is 2. The molecule has 1 aromatic carbocycles. The predicted octanol–water partition coefficient (Wildman–Crippen LogP) is 3.52. The number of thioether (sulfide) groups is 1. The third kappa shape index (κ3) is 10.0. The molecule has 4 nitrogen and oxygen atoms in total. The quantitative estimate of drug-likeness (QED) is 0.207. The zero-order valence-electron chi connectivity index (χ0n) is 14.2. The average Bonchev–Trinajstić information content (AvgIpc) is 2.51. The molecule has 0 saturated carbocycles. The zero-order chi connectivity index (χ0) is 16.4. The van der Waals surface area contributed by atoms with Gasteiger partial charge in [0.2, 0.25) is 0 Å². The summed E-state index contributed by atoms with van der Waals surface area (Å²) >= 11 is 1.72. The first kappa shape index (κ1) is 22.5. The number of rotatable bonds is 8. The molecular weight excluding hydrogens is 428 g/mol. The maximum Gasteiger partial charge on any atom is 0.191 e. The molecule has 132 valence electrons. The minimum atomic E-state index is -0.226. The van der Waals surface area contributed by atoms with Crippen LogP contribution in [0.25, 0.3) is 0 Å². The lowest BCUT2D eigenvalue weighted by molar-refractivity contribution is 0.0268. The highest BCUT2D eigenvalue weighted by molar-refractivity contribution is 14.0. The number of aliphatic imine (C=N–C) groups is 1. The molecule has 1 aromatic rings. The summed E-state index contributed by atoms with van der Waals surface area (Å²) in [6, 6.07) is 6.59. The molecule has 0 bridgehead atoms. The Balaban J connectivity index is 0.00000484. The monoisotopic (exact) mass is 455 g/mol. The number of guanidine groups is 1. The maximum atomic E-state index is 12.8. The van der Waals surface area contributed by atoms with Crippen LogP contribution >= 0.6 is 35.7 Å². The molecule has 0 aromatic heterocycles.